The van der Waals surface area contributed by atoms with E-state index in [2.05, 4.69) is 19.6 Å². The molecule has 2 aliphatic rings. The maximum absolute atomic E-state index is 11.3. The van der Waals surface area contributed by atoms with Crippen molar-refractivity contribution in [3.63, 3.8) is 0 Å². The van der Waals surface area contributed by atoms with Gasteiger partial charge in [-0.3, -0.25) is 4.79 Å². The second-order valence-corrected chi connectivity index (χ2v) is 4.96. The van der Waals surface area contributed by atoms with Gasteiger partial charge >= 0.3 is 0 Å². The van der Waals surface area contributed by atoms with Gasteiger partial charge in [0.05, 0.1) is 0 Å². The Morgan fingerprint density at radius 1 is 1.57 bits per heavy atom. The molecule has 1 saturated carbocycles. The molecule has 2 rings (SSSR count). The number of ketones is 1. The lowest BCUT2D eigenvalue weighted by Crippen LogP contribution is -2.12. The van der Waals surface area contributed by atoms with Crippen molar-refractivity contribution in [3.05, 3.63) is 24.3 Å². The fourth-order valence-electron chi connectivity index (χ4n) is 2.82. The zero-order chi connectivity index (χ0) is 10.2. The Kier molecular flexibility index (Phi) is 2.34. The molecule has 0 radical (unpaired) electrons. The molecule has 0 aromatic rings. The van der Waals surface area contributed by atoms with Crippen LogP contribution in [0.3, 0.4) is 0 Å². The summed E-state index contributed by atoms with van der Waals surface area (Å²) in [7, 11) is 0. The molecule has 0 aromatic heterocycles. The minimum atomic E-state index is 0.280. The quantitative estimate of drug-likeness (QED) is 0.536. The minimum Gasteiger partial charge on any atom is -0.295 e. The molecule has 0 heterocycles. The van der Waals surface area contributed by atoms with Gasteiger partial charge in [-0.2, -0.15) is 0 Å². The van der Waals surface area contributed by atoms with Crippen molar-refractivity contribution >= 4 is 5.78 Å². The van der Waals surface area contributed by atoms with E-state index < -0.39 is 0 Å². The number of rotatable bonds is 0. The molecular formula is C13H18O. The lowest BCUT2D eigenvalue weighted by atomic mass is 9.81. The highest BCUT2D eigenvalue weighted by molar-refractivity contribution is 5.90. The van der Waals surface area contributed by atoms with Gasteiger partial charge in [0.15, 0.2) is 5.78 Å². The number of carbonyl (C=O) groups is 1. The van der Waals surface area contributed by atoms with E-state index in [-0.39, 0.29) is 5.41 Å². The summed E-state index contributed by atoms with van der Waals surface area (Å²) in [4.78, 5) is 11.3. The molecule has 0 aromatic carbocycles. The van der Waals surface area contributed by atoms with Crippen molar-refractivity contribution in [2.45, 2.75) is 39.0 Å². The lowest BCUT2D eigenvalue weighted by molar-refractivity contribution is -0.114. The van der Waals surface area contributed by atoms with Crippen LogP contribution in [0.4, 0.5) is 0 Å². The van der Waals surface area contributed by atoms with E-state index in [9.17, 15) is 4.79 Å². The van der Waals surface area contributed by atoms with Crippen LogP contribution in [-0.2, 0) is 4.79 Å². The fourth-order valence-corrected chi connectivity index (χ4v) is 2.82. The summed E-state index contributed by atoms with van der Waals surface area (Å²) in [5, 5.41) is 0. The molecule has 2 aliphatic carbocycles. The summed E-state index contributed by atoms with van der Waals surface area (Å²) in [5.41, 5.74) is 1.65. The van der Waals surface area contributed by atoms with Gasteiger partial charge in [-0.05, 0) is 43.1 Å². The van der Waals surface area contributed by atoms with Crippen LogP contribution in [0.1, 0.15) is 39.0 Å². The molecule has 0 amide bonds. The van der Waals surface area contributed by atoms with E-state index in [1.165, 1.54) is 18.4 Å². The summed E-state index contributed by atoms with van der Waals surface area (Å²) in [6.45, 7) is 6.36. The van der Waals surface area contributed by atoms with E-state index in [1.54, 1.807) is 6.08 Å². The zero-order valence-electron chi connectivity index (χ0n) is 8.88. The summed E-state index contributed by atoms with van der Waals surface area (Å²) in [6, 6.07) is 0. The molecule has 1 nitrogen and oxygen atoms in total. The standard InChI is InChI=1S/C13H18O/c1-10-8-13(9-11(10)2)6-3-4-12(14)5-7-13/h5,7,11H,1,3-4,6,8-9H2,2H3. The summed E-state index contributed by atoms with van der Waals surface area (Å²) in [5.74, 6) is 0.930. The van der Waals surface area contributed by atoms with Crippen LogP contribution >= 0.6 is 0 Å². The van der Waals surface area contributed by atoms with Crippen LogP contribution in [0.15, 0.2) is 24.3 Å². The second kappa shape index (κ2) is 3.38. The van der Waals surface area contributed by atoms with Crippen LogP contribution in [-0.4, -0.2) is 5.78 Å². The predicted molar refractivity (Wildman–Crippen MR) is 58.0 cm³/mol. The minimum absolute atomic E-state index is 0.280. The van der Waals surface area contributed by atoms with Gasteiger partial charge in [-0.1, -0.05) is 25.2 Å². The molecular weight excluding hydrogens is 172 g/mol. The molecule has 2 unspecified atom stereocenters. The average molecular weight is 190 g/mol. The Hall–Kier alpha value is -0.850. The van der Waals surface area contributed by atoms with Crippen LogP contribution in [0, 0.1) is 11.3 Å². The molecule has 76 valence electrons. The monoisotopic (exact) mass is 190 g/mol. The average Bonchev–Trinajstić information content (AvgIpc) is 2.30. The van der Waals surface area contributed by atoms with Crippen LogP contribution in [0.25, 0.3) is 0 Å². The molecule has 1 fully saturated rings. The van der Waals surface area contributed by atoms with Gasteiger partial charge in [0.1, 0.15) is 0 Å². The first-order chi connectivity index (χ1) is 6.61. The van der Waals surface area contributed by atoms with Crippen LogP contribution < -0.4 is 0 Å². The predicted octanol–water partition coefficient (Wildman–Crippen LogP) is 3.27. The van der Waals surface area contributed by atoms with Gasteiger partial charge < -0.3 is 0 Å². The molecule has 1 heteroatoms. The van der Waals surface area contributed by atoms with Gasteiger partial charge in [-0.15, -0.1) is 0 Å². The van der Waals surface area contributed by atoms with Crippen molar-refractivity contribution in [3.8, 4) is 0 Å². The van der Waals surface area contributed by atoms with Gasteiger partial charge in [-0.25, -0.2) is 0 Å². The third-order valence-electron chi connectivity index (χ3n) is 3.71. The topological polar surface area (TPSA) is 17.1 Å². The Morgan fingerprint density at radius 2 is 2.36 bits per heavy atom. The maximum atomic E-state index is 11.3. The van der Waals surface area contributed by atoms with Crippen LogP contribution in [0.2, 0.25) is 0 Å². The van der Waals surface area contributed by atoms with Gasteiger partial charge in [0, 0.05) is 6.42 Å². The van der Waals surface area contributed by atoms with Gasteiger partial charge in [0.2, 0.25) is 0 Å². The van der Waals surface area contributed by atoms with Crippen molar-refractivity contribution < 1.29 is 4.79 Å². The highest BCUT2D eigenvalue weighted by Crippen LogP contribution is 2.49. The molecule has 14 heavy (non-hydrogen) atoms. The molecule has 1 spiro atoms. The molecule has 0 N–H and O–H groups in total. The number of carbonyl (C=O) groups excluding carboxylic acids is 1. The Labute approximate surface area is 85.9 Å². The largest absolute Gasteiger partial charge is 0.295 e. The molecule has 0 aliphatic heterocycles. The second-order valence-electron chi connectivity index (χ2n) is 4.96. The first-order valence-electron chi connectivity index (χ1n) is 5.51. The summed E-state index contributed by atoms with van der Waals surface area (Å²) < 4.78 is 0. The highest BCUT2D eigenvalue weighted by atomic mass is 16.1. The zero-order valence-corrected chi connectivity index (χ0v) is 8.88. The highest BCUT2D eigenvalue weighted by Gasteiger charge is 2.37. The molecule has 0 saturated heterocycles. The van der Waals surface area contributed by atoms with E-state index in [4.69, 9.17) is 0 Å². The molecule has 2 atom stereocenters. The number of allylic oxidation sites excluding steroid dienone is 3. The summed E-state index contributed by atoms with van der Waals surface area (Å²) >= 11 is 0. The third-order valence-corrected chi connectivity index (χ3v) is 3.71. The van der Waals surface area contributed by atoms with E-state index in [1.807, 2.05) is 0 Å². The number of hydrogen-bond donors (Lipinski definition) is 0. The summed E-state index contributed by atoms with van der Waals surface area (Å²) in [6.07, 6.45) is 9.20. The third kappa shape index (κ3) is 1.68. The Morgan fingerprint density at radius 3 is 3.00 bits per heavy atom. The number of hydrogen-bond acceptors (Lipinski definition) is 1. The van der Waals surface area contributed by atoms with E-state index in [0.29, 0.717) is 11.7 Å². The lowest BCUT2D eigenvalue weighted by Gasteiger charge is -2.23. The van der Waals surface area contributed by atoms with Crippen LogP contribution in [0.5, 0.6) is 0 Å². The first kappa shape index (κ1) is 9.70. The Bertz CT molecular complexity index is 300. The Balaban J connectivity index is 2.20. The van der Waals surface area contributed by atoms with E-state index >= 15 is 0 Å². The SMILES string of the molecule is C=C1CC2(C=CC(=O)CCC2)CC1C. The van der Waals surface area contributed by atoms with Crippen molar-refractivity contribution in [2.24, 2.45) is 11.3 Å². The smallest absolute Gasteiger partial charge is 0.155 e. The normalized spacial score (nSPS) is 37.9. The maximum Gasteiger partial charge on any atom is 0.155 e. The first-order valence-corrected chi connectivity index (χ1v) is 5.51. The molecule has 0 bridgehead atoms. The van der Waals surface area contributed by atoms with Crippen molar-refractivity contribution in [1.29, 1.82) is 0 Å². The fraction of sp³-hybridized carbons (Fsp3) is 0.615. The van der Waals surface area contributed by atoms with Crippen molar-refractivity contribution in [2.75, 3.05) is 0 Å². The van der Waals surface area contributed by atoms with Gasteiger partial charge in [0.25, 0.3) is 0 Å². The van der Waals surface area contributed by atoms with E-state index in [0.717, 1.165) is 19.3 Å². The van der Waals surface area contributed by atoms with Crippen molar-refractivity contribution in [1.82, 2.24) is 0 Å².